The van der Waals surface area contributed by atoms with Crippen LogP contribution >= 0.6 is 34.7 Å². The maximum absolute atomic E-state index is 11.8. The summed E-state index contributed by atoms with van der Waals surface area (Å²) in [6.07, 6.45) is 0.461. The molecule has 2 aromatic rings. The first-order chi connectivity index (χ1) is 10.9. The fraction of sp³-hybridized carbons (Fsp3) is 0.417. The van der Waals surface area contributed by atoms with E-state index in [-0.39, 0.29) is 34.4 Å². The monoisotopic (exact) mass is 393 g/mol. The van der Waals surface area contributed by atoms with Gasteiger partial charge in [0.2, 0.25) is 5.91 Å². The zero-order valence-electron chi connectivity index (χ0n) is 11.7. The second-order valence-electron chi connectivity index (χ2n) is 4.93. The Hall–Kier alpha value is -1.10. The van der Waals surface area contributed by atoms with Crippen LogP contribution in [0.2, 0.25) is 4.34 Å². The summed E-state index contributed by atoms with van der Waals surface area (Å²) < 4.78 is 28.8. The van der Waals surface area contributed by atoms with Crippen molar-refractivity contribution in [3.8, 4) is 10.8 Å². The van der Waals surface area contributed by atoms with E-state index < -0.39 is 9.84 Å². The van der Waals surface area contributed by atoms with Gasteiger partial charge in [0.15, 0.2) is 9.84 Å². The second kappa shape index (κ2) is 6.80. The predicted octanol–water partition coefficient (Wildman–Crippen LogP) is 1.85. The van der Waals surface area contributed by atoms with E-state index >= 15 is 0 Å². The highest BCUT2D eigenvalue weighted by molar-refractivity contribution is 7.99. The van der Waals surface area contributed by atoms with Crippen molar-refractivity contribution in [3.63, 3.8) is 0 Å². The Bertz CT molecular complexity index is 817. The molecule has 0 saturated carbocycles. The molecule has 1 aliphatic rings. The van der Waals surface area contributed by atoms with Crippen LogP contribution in [0.15, 0.2) is 21.8 Å². The fourth-order valence-corrected chi connectivity index (χ4v) is 5.31. The van der Waals surface area contributed by atoms with Crippen LogP contribution in [0.4, 0.5) is 0 Å². The molecule has 0 unspecified atom stereocenters. The number of thioether (sulfide) groups is 1. The van der Waals surface area contributed by atoms with Gasteiger partial charge in [-0.25, -0.2) is 8.42 Å². The van der Waals surface area contributed by atoms with Gasteiger partial charge in [0, 0.05) is 6.04 Å². The van der Waals surface area contributed by atoms with Crippen LogP contribution in [0.1, 0.15) is 6.42 Å². The molecule has 1 atom stereocenters. The Balaban J connectivity index is 1.51. The average Bonchev–Trinajstić information content (AvgIpc) is 3.17. The average molecular weight is 394 g/mol. The highest BCUT2D eigenvalue weighted by atomic mass is 35.5. The van der Waals surface area contributed by atoms with Crippen LogP contribution < -0.4 is 5.32 Å². The van der Waals surface area contributed by atoms with Gasteiger partial charge in [0.05, 0.1) is 26.5 Å². The number of hydrogen-bond donors (Lipinski definition) is 1. The van der Waals surface area contributed by atoms with Crippen molar-refractivity contribution in [3.05, 3.63) is 16.5 Å². The first-order valence-corrected chi connectivity index (χ1v) is 10.6. The number of sulfone groups is 1. The first-order valence-electron chi connectivity index (χ1n) is 6.63. The number of aromatic nitrogens is 2. The molecule has 124 valence electrons. The van der Waals surface area contributed by atoms with Crippen molar-refractivity contribution in [1.29, 1.82) is 0 Å². The predicted molar refractivity (Wildman–Crippen MR) is 88.5 cm³/mol. The Morgan fingerprint density at radius 2 is 2.30 bits per heavy atom. The number of halogens is 1. The lowest BCUT2D eigenvalue weighted by Crippen LogP contribution is -2.36. The molecular weight excluding hydrogens is 382 g/mol. The van der Waals surface area contributed by atoms with Gasteiger partial charge in [-0.15, -0.1) is 21.5 Å². The van der Waals surface area contributed by atoms with E-state index in [1.54, 1.807) is 12.1 Å². The molecular formula is C12H12ClN3O4S3. The number of nitrogens with zero attached hydrogens (tertiary/aromatic N) is 2. The van der Waals surface area contributed by atoms with E-state index in [1.807, 2.05) is 0 Å². The molecule has 0 aliphatic carbocycles. The van der Waals surface area contributed by atoms with Crippen molar-refractivity contribution in [1.82, 2.24) is 15.5 Å². The van der Waals surface area contributed by atoms with Crippen molar-refractivity contribution in [2.45, 2.75) is 17.7 Å². The molecule has 0 aromatic carbocycles. The number of carbonyl (C=O) groups is 1. The van der Waals surface area contributed by atoms with Gasteiger partial charge in [-0.2, -0.15) is 0 Å². The lowest BCUT2D eigenvalue weighted by atomic mass is 10.3. The zero-order valence-corrected chi connectivity index (χ0v) is 14.9. The van der Waals surface area contributed by atoms with Gasteiger partial charge >= 0.3 is 0 Å². The smallest absolute Gasteiger partial charge is 0.277 e. The molecule has 0 spiro atoms. The van der Waals surface area contributed by atoms with Gasteiger partial charge in [0.1, 0.15) is 0 Å². The molecule has 1 amide bonds. The number of carbonyl (C=O) groups excluding carboxylic acids is 1. The summed E-state index contributed by atoms with van der Waals surface area (Å²) in [5, 5.41) is 10.7. The van der Waals surface area contributed by atoms with E-state index in [0.717, 1.165) is 16.6 Å². The maximum Gasteiger partial charge on any atom is 0.277 e. The third-order valence-corrected chi connectivity index (χ3v) is 6.92. The van der Waals surface area contributed by atoms with Gasteiger partial charge in [-0.1, -0.05) is 23.4 Å². The first kappa shape index (κ1) is 16.7. The van der Waals surface area contributed by atoms with Gasteiger partial charge in [-0.05, 0) is 18.6 Å². The maximum atomic E-state index is 11.8. The number of hydrogen-bond acceptors (Lipinski definition) is 8. The Morgan fingerprint density at radius 1 is 1.48 bits per heavy atom. The molecule has 3 rings (SSSR count). The van der Waals surface area contributed by atoms with Crippen molar-refractivity contribution >= 4 is 50.4 Å². The molecule has 1 saturated heterocycles. The molecule has 0 bridgehead atoms. The largest absolute Gasteiger partial charge is 0.410 e. The van der Waals surface area contributed by atoms with Crippen LogP contribution in [0.25, 0.3) is 10.8 Å². The highest BCUT2D eigenvalue weighted by Gasteiger charge is 2.28. The zero-order chi connectivity index (χ0) is 16.4. The fourth-order valence-electron chi connectivity index (χ4n) is 2.10. The molecule has 1 aliphatic heterocycles. The van der Waals surface area contributed by atoms with E-state index in [1.165, 1.54) is 11.3 Å². The van der Waals surface area contributed by atoms with Crippen LogP contribution in [0.5, 0.6) is 0 Å². The Kier molecular flexibility index (Phi) is 4.95. The molecule has 1 fully saturated rings. The van der Waals surface area contributed by atoms with Crippen molar-refractivity contribution < 1.29 is 17.6 Å². The van der Waals surface area contributed by atoms with E-state index in [9.17, 15) is 13.2 Å². The lowest BCUT2D eigenvalue weighted by Gasteiger charge is -2.09. The van der Waals surface area contributed by atoms with Crippen molar-refractivity contribution in [2.24, 2.45) is 0 Å². The topological polar surface area (TPSA) is 102 Å². The molecule has 7 nitrogen and oxygen atoms in total. The van der Waals surface area contributed by atoms with E-state index in [4.69, 9.17) is 16.0 Å². The Morgan fingerprint density at radius 3 is 2.96 bits per heavy atom. The second-order valence-corrected chi connectivity index (χ2v) is 9.80. The Labute approximate surface area is 145 Å². The van der Waals surface area contributed by atoms with Crippen molar-refractivity contribution in [2.75, 3.05) is 17.3 Å². The molecule has 11 heteroatoms. The van der Waals surface area contributed by atoms with Gasteiger partial charge in [0.25, 0.3) is 11.1 Å². The molecule has 1 N–H and O–H groups in total. The summed E-state index contributed by atoms with van der Waals surface area (Å²) in [6.45, 7) is 0. The van der Waals surface area contributed by atoms with E-state index in [2.05, 4.69) is 15.5 Å². The summed E-state index contributed by atoms with van der Waals surface area (Å²) in [4.78, 5) is 12.6. The SMILES string of the molecule is O=C(CSc1nnc(-c2ccc(Cl)s2)o1)N[C@H]1CCS(=O)(=O)C1. The molecule has 23 heavy (non-hydrogen) atoms. The summed E-state index contributed by atoms with van der Waals surface area (Å²) in [5.41, 5.74) is 0. The summed E-state index contributed by atoms with van der Waals surface area (Å²) in [6, 6.07) is 3.21. The van der Waals surface area contributed by atoms with Gasteiger partial charge in [-0.3, -0.25) is 4.79 Å². The third kappa shape index (κ3) is 4.46. The minimum Gasteiger partial charge on any atom is -0.410 e. The molecule has 0 radical (unpaired) electrons. The van der Waals surface area contributed by atoms with Crippen LogP contribution in [0.3, 0.4) is 0 Å². The summed E-state index contributed by atoms with van der Waals surface area (Å²) in [5.74, 6) is 0.320. The number of thiophene rings is 1. The van der Waals surface area contributed by atoms with Crippen LogP contribution in [-0.2, 0) is 14.6 Å². The molecule has 3 heterocycles. The standard InChI is InChI=1S/C12H12ClN3O4S3/c13-9-2-1-8(22-9)11-15-16-12(20-11)21-5-10(17)14-7-3-4-23(18,19)6-7/h1-2,7H,3-6H2,(H,14,17)/t7-/m0/s1. The normalized spacial score (nSPS) is 19.8. The quantitative estimate of drug-likeness (QED) is 0.773. The van der Waals surface area contributed by atoms with Crippen LogP contribution in [-0.4, -0.2) is 47.8 Å². The number of nitrogens with one attached hydrogen (secondary N) is 1. The highest BCUT2D eigenvalue weighted by Crippen LogP contribution is 2.31. The summed E-state index contributed by atoms with van der Waals surface area (Å²) in [7, 11) is -3.01. The lowest BCUT2D eigenvalue weighted by molar-refractivity contribution is -0.119. The van der Waals surface area contributed by atoms with Gasteiger partial charge < -0.3 is 9.73 Å². The number of rotatable bonds is 5. The van der Waals surface area contributed by atoms with Crippen LogP contribution in [0, 0.1) is 0 Å². The third-order valence-electron chi connectivity index (χ3n) is 3.11. The molecule has 2 aromatic heterocycles. The summed E-state index contributed by atoms with van der Waals surface area (Å²) >= 11 is 8.28. The minimum absolute atomic E-state index is 0.00719. The number of amides is 1. The minimum atomic E-state index is -3.01. The van der Waals surface area contributed by atoms with E-state index in [0.29, 0.717) is 16.6 Å².